The minimum absolute atomic E-state index is 0.103. The number of nitrogens with two attached hydrogens (primary N) is 1. The van der Waals surface area contributed by atoms with Crippen LogP contribution in [0, 0.1) is 5.92 Å². The summed E-state index contributed by atoms with van der Waals surface area (Å²) >= 11 is 0. The minimum atomic E-state index is -5.08. The summed E-state index contributed by atoms with van der Waals surface area (Å²) in [6, 6.07) is -0.294. The second-order valence-electron chi connectivity index (χ2n) is 9.54. The molecule has 2 atom stereocenters. The Labute approximate surface area is 216 Å². The van der Waals surface area contributed by atoms with Gasteiger partial charge in [-0.1, -0.05) is 0 Å². The molecule has 4 rings (SSSR count). The molecule has 2 fully saturated rings. The van der Waals surface area contributed by atoms with Crippen molar-refractivity contribution in [3.63, 3.8) is 0 Å². The van der Waals surface area contributed by atoms with E-state index in [0.29, 0.717) is 44.5 Å². The van der Waals surface area contributed by atoms with Crippen molar-refractivity contribution in [2.24, 2.45) is 11.7 Å². The highest BCUT2D eigenvalue weighted by Gasteiger charge is 2.51. The summed E-state index contributed by atoms with van der Waals surface area (Å²) in [6.07, 6.45) is -6.62. The van der Waals surface area contributed by atoms with Crippen molar-refractivity contribution in [3.8, 4) is 0 Å². The Bertz CT molecular complexity index is 1290. The van der Waals surface area contributed by atoms with Crippen LogP contribution in [0.5, 0.6) is 0 Å². The molecule has 17 heteroatoms. The van der Waals surface area contributed by atoms with E-state index in [4.69, 9.17) is 5.73 Å². The highest BCUT2D eigenvalue weighted by atomic mass is 19.4. The van der Waals surface area contributed by atoms with E-state index in [0.717, 1.165) is 0 Å². The maximum atomic E-state index is 13.5. The fraction of sp³-hybridized carbons (Fsp3) is 0.545. The summed E-state index contributed by atoms with van der Waals surface area (Å²) in [5.74, 6) is -2.61. The number of nitrogens with one attached hydrogen (secondary N) is 2. The number of carbonyl (C=O) groups excluding carboxylic acids is 2. The number of aromatic amines is 1. The molecule has 2 amide bonds. The van der Waals surface area contributed by atoms with Gasteiger partial charge in [0.05, 0.1) is 23.4 Å². The van der Waals surface area contributed by atoms with Gasteiger partial charge in [-0.2, -0.15) is 31.4 Å². The van der Waals surface area contributed by atoms with Gasteiger partial charge in [0.1, 0.15) is 11.1 Å². The number of halogens is 6. The van der Waals surface area contributed by atoms with E-state index in [1.165, 1.54) is 11.8 Å². The molecule has 0 spiro atoms. The van der Waals surface area contributed by atoms with Gasteiger partial charge >= 0.3 is 12.4 Å². The average Bonchev–Trinajstić information content (AvgIpc) is 3.24. The molecule has 39 heavy (non-hydrogen) atoms. The van der Waals surface area contributed by atoms with Crippen molar-refractivity contribution >= 4 is 23.5 Å². The number of anilines is 2. The van der Waals surface area contributed by atoms with Gasteiger partial charge in [-0.05, 0) is 26.2 Å². The fourth-order valence-electron chi connectivity index (χ4n) is 4.98. The Morgan fingerprint density at radius 2 is 1.62 bits per heavy atom. The maximum absolute atomic E-state index is 13.5. The summed E-state index contributed by atoms with van der Waals surface area (Å²) in [6.45, 7) is 2.08. The minimum Gasteiger partial charge on any atom is -0.369 e. The zero-order valence-corrected chi connectivity index (χ0v) is 20.4. The monoisotopic (exact) mass is 562 g/mol. The Balaban J connectivity index is 1.47. The summed E-state index contributed by atoms with van der Waals surface area (Å²) < 4.78 is 78.9. The number of carbonyl (C=O) groups is 2. The molecule has 0 saturated carbocycles. The Morgan fingerprint density at radius 3 is 2.15 bits per heavy atom. The Morgan fingerprint density at radius 1 is 1.00 bits per heavy atom. The first-order valence-electron chi connectivity index (χ1n) is 11.8. The molecule has 2 saturated heterocycles. The topological polar surface area (TPSA) is 150 Å². The van der Waals surface area contributed by atoms with Gasteiger partial charge in [0.15, 0.2) is 0 Å². The van der Waals surface area contributed by atoms with Crippen LogP contribution in [0.4, 0.5) is 38.0 Å². The van der Waals surface area contributed by atoms with Crippen LogP contribution in [-0.2, 0) is 21.9 Å². The van der Waals surface area contributed by atoms with Crippen molar-refractivity contribution < 1.29 is 35.9 Å². The molecule has 2 aliphatic heterocycles. The number of alkyl halides is 6. The smallest absolute Gasteiger partial charge is 0.369 e. The number of nitrogens with zero attached hydrogens (tertiary/aromatic N) is 5. The van der Waals surface area contributed by atoms with Crippen molar-refractivity contribution in [3.05, 3.63) is 40.1 Å². The fourth-order valence-corrected chi connectivity index (χ4v) is 4.98. The van der Waals surface area contributed by atoms with Crippen LogP contribution in [0.25, 0.3) is 0 Å². The number of aromatic nitrogens is 4. The van der Waals surface area contributed by atoms with Crippen LogP contribution < -0.4 is 21.5 Å². The van der Waals surface area contributed by atoms with Crippen LogP contribution >= 0.6 is 0 Å². The number of amides is 2. The lowest BCUT2D eigenvalue weighted by Gasteiger charge is -2.38. The second-order valence-corrected chi connectivity index (χ2v) is 9.54. The standard InChI is InChI=1S/C22H24F6N8O3/c1-20(18(29)39,33-14-10-32-34-16(37)15(14)22(26,27)28)13-4-7-36(17(13)38)12-2-5-35(6-3-12)19-30-8-11(9-31-19)21(23,24)25/h8-10,12-13H,2-7H2,1H3,(H2,29,39)(H2,33,34,37)/t13-,20?/m0/s1. The zero-order valence-electron chi connectivity index (χ0n) is 20.4. The first-order chi connectivity index (χ1) is 18.1. The molecule has 0 radical (unpaired) electrons. The van der Waals surface area contributed by atoms with E-state index in [1.54, 1.807) is 10.00 Å². The molecule has 2 aliphatic rings. The predicted octanol–water partition coefficient (Wildman–Crippen LogP) is 1.77. The highest BCUT2D eigenvalue weighted by molar-refractivity contribution is 5.96. The average molecular weight is 562 g/mol. The van der Waals surface area contributed by atoms with E-state index in [-0.39, 0.29) is 25.0 Å². The molecule has 11 nitrogen and oxygen atoms in total. The maximum Gasteiger partial charge on any atom is 0.423 e. The van der Waals surface area contributed by atoms with Gasteiger partial charge in [-0.3, -0.25) is 14.4 Å². The number of H-pyrrole nitrogens is 1. The lowest BCUT2D eigenvalue weighted by molar-refractivity contribution is -0.139. The SMILES string of the molecule is CC(Nc1cn[nH]c(=O)c1C(F)(F)F)(C(N)=O)[C@H]1CCN(C2CCN(c3ncc(C(F)(F)F)cn3)CC2)C1=O. The molecule has 1 unspecified atom stereocenters. The van der Waals surface area contributed by atoms with Gasteiger partial charge < -0.3 is 20.9 Å². The molecule has 4 N–H and O–H groups in total. The number of primary amides is 1. The van der Waals surface area contributed by atoms with Gasteiger partial charge in [-0.15, -0.1) is 0 Å². The largest absolute Gasteiger partial charge is 0.423 e. The third-order valence-electron chi connectivity index (χ3n) is 7.14. The van der Waals surface area contributed by atoms with Crippen molar-refractivity contribution in [2.75, 3.05) is 29.9 Å². The van der Waals surface area contributed by atoms with E-state index in [9.17, 15) is 40.7 Å². The number of piperidine rings is 1. The van der Waals surface area contributed by atoms with Crippen molar-refractivity contribution in [2.45, 2.75) is 50.1 Å². The first-order valence-corrected chi connectivity index (χ1v) is 11.8. The van der Waals surface area contributed by atoms with E-state index in [1.807, 2.05) is 0 Å². The number of rotatable bonds is 6. The molecule has 2 aromatic heterocycles. The second kappa shape index (κ2) is 10.00. The summed E-state index contributed by atoms with van der Waals surface area (Å²) in [7, 11) is 0. The lowest BCUT2D eigenvalue weighted by atomic mass is 9.83. The third-order valence-corrected chi connectivity index (χ3v) is 7.14. The number of hydrogen-bond acceptors (Lipinski definition) is 8. The highest BCUT2D eigenvalue weighted by Crippen LogP contribution is 2.38. The Kier molecular flexibility index (Phi) is 7.20. The molecule has 4 heterocycles. The lowest BCUT2D eigenvalue weighted by Crippen LogP contribution is -2.57. The summed E-state index contributed by atoms with van der Waals surface area (Å²) in [5, 5.41) is 7.44. The van der Waals surface area contributed by atoms with E-state index >= 15 is 0 Å². The first kappa shape index (κ1) is 28.1. The van der Waals surface area contributed by atoms with Gasteiger partial charge in [0, 0.05) is 38.1 Å². The molecule has 2 aromatic rings. The van der Waals surface area contributed by atoms with Gasteiger partial charge in [0.2, 0.25) is 17.8 Å². The third kappa shape index (κ3) is 5.47. The van der Waals surface area contributed by atoms with Crippen LogP contribution in [-0.4, -0.2) is 68.1 Å². The normalized spacial score (nSPS) is 20.7. The van der Waals surface area contributed by atoms with Crippen LogP contribution in [0.15, 0.2) is 23.4 Å². The summed E-state index contributed by atoms with van der Waals surface area (Å²) in [4.78, 5) is 48.5. The van der Waals surface area contributed by atoms with Crippen molar-refractivity contribution in [1.29, 1.82) is 0 Å². The molecular formula is C22H24F6N8O3. The van der Waals surface area contributed by atoms with Crippen LogP contribution in [0.3, 0.4) is 0 Å². The Hall–Kier alpha value is -3.92. The van der Waals surface area contributed by atoms with E-state index in [2.05, 4.69) is 20.4 Å². The van der Waals surface area contributed by atoms with Crippen molar-refractivity contribution in [1.82, 2.24) is 25.1 Å². The van der Waals surface area contributed by atoms with Crippen LogP contribution in [0.2, 0.25) is 0 Å². The molecule has 0 bridgehead atoms. The van der Waals surface area contributed by atoms with Crippen LogP contribution in [0.1, 0.15) is 37.3 Å². The van der Waals surface area contributed by atoms with E-state index < -0.39 is 58.0 Å². The molecule has 212 valence electrons. The molecule has 0 aromatic carbocycles. The quantitative estimate of drug-likeness (QED) is 0.451. The predicted molar refractivity (Wildman–Crippen MR) is 123 cm³/mol. The number of likely N-dealkylation sites (tertiary alicyclic amines) is 1. The molecule has 0 aliphatic carbocycles. The zero-order chi connectivity index (χ0) is 28.8. The van der Waals surface area contributed by atoms with Gasteiger partial charge in [-0.25, -0.2) is 15.1 Å². The number of hydrogen-bond donors (Lipinski definition) is 3. The summed E-state index contributed by atoms with van der Waals surface area (Å²) in [5.41, 5.74) is -1.32. The molecular weight excluding hydrogens is 538 g/mol. The van der Waals surface area contributed by atoms with Gasteiger partial charge in [0.25, 0.3) is 5.56 Å².